The van der Waals surface area contributed by atoms with Crippen molar-refractivity contribution in [1.82, 2.24) is 10.6 Å². The zero-order chi connectivity index (χ0) is 15.0. The second-order valence-electron chi connectivity index (χ2n) is 4.38. The minimum Gasteiger partial charge on any atom is -0.478 e. The SMILES string of the molecule is CCCC(CC)NC(=O)NC(=O)C(C)=C(C)C(=O)O. The highest BCUT2D eigenvalue weighted by atomic mass is 16.4. The van der Waals surface area contributed by atoms with Gasteiger partial charge in [-0.25, -0.2) is 9.59 Å². The van der Waals surface area contributed by atoms with Gasteiger partial charge in [0, 0.05) is 17.2 Å². The summed E-state index contributed by atoms with van der Waals surface area (Å²) in [5.41, 5.74) is -0.0583. The maximum Gasteiger partial charge on any atom is 0.331 e. The molecule has 1 atom stereocenters. The van der Waals surface area contributed by atoms with Crippen LogP contribution in [-0.4, -0.2) is 29.1 Å². The summed E-state index contributed by atoms with van der Waals surface area (Å²) in [7, 11) is 0. The molecule has 19 heavy (non-hydrogen) atoms. The van der Waals surface area contributed by atoms with Gasteiger partial charge < -0.3 is 10.4 Å². The predicted molar refractivity (Wildman–Crippen MR) is 71.7 cm³/mol. The van der Waals surface area contributed by atoms with Crippen LogP contribution in [0.2, 0.25) is 0 Å². The lowest BCUT2D eigenvalue weighted by atomic mass is 10.1. The van der Waals surface area contributed by atoms with Crippen LogP contribution in [0.4, 0.5) is 4.79 Å². The van der Waals surface area contributed by atoms with Crippen LogP contribution >= 0.6 is 0 Å². The van der Waals surface area contributed by atoms with Crippen LogP contribution in [0.3, 0.4) is 0 Å². The molecule has 1 unspecified atom stereocenters. The number of hydrogen-bond donors (Lipinski definition) is 3. The van der Waals surface area contributed by atoms with E-state index in [-0.39, 0.29) is 17.2 Å². The summed E-state index contributed by atoms with van der Waals surface area (Å²) in [6.45, 7) is 6.65. The number of carboxylic acids is 1. The minimum atomic E-state index is -1.18. The third-order valence-electron chi connectivity index (χ3n) is 2.92. The van der Waals surface area contributed by atoms with Gasteiger partial charge in [-0.3, -0.25) is 10.1 Å². The lowest BCUT2D eigenvalue weighted by molar-refractivity contribution is -0.133. The average Bonchev–Trinajstić information content (AvgIpc) is 2.35. The number of carboxylic acid groups (broad SMARTS) is 1. The molecule has 0 aliphatic heterocycles. The fourth-order valence-corrected chi connectivity index (χ4v) is 1.48. The zero-order valence-electron chi connectivity index (χ0n) is 11.9. The smallest absolute Gasteiger partial charge is 0.331 e. The number of carbonyl (C=O) groups is 3. The number of amides is 3. The maximum absolute atomic E-state index is 11.6. The fraction of sp³-hybridized carbons (Fsp3) is 0.615. The number of urea groups is 1. The Morgan fingerprint density at radius 3 is 2.11 bits per heavy atom. The highest BCUT2D eigenvalue weighted by Gasteiger charge is 2.16. The first kappa shape index (κ1) is 17.2. The molecule has 0 saturated heterocycles. The molecule has 3 amide bonds. The summed E-state index contributed by atoms with van der Waals surface area (Å²) in [6.07, 6.45) is 2.54. The number of hydrogen-bond acceptors (Lipinski definition) is 3. The molecule has 0 radical (unpaired) electrons. The Morgan fingerprint density at radius 1 is 1.11 bits per heavy atom. The quantitative estimate of drug-likeness (QED) is 0.641. The summed E-state index contributed by atoms with van der Waals surface area (Å²) in [4.78, 5) is 33.9. The molecule has 3 N–H and O–H groups in total. The lowest BCUT2D eigenvalue weighted by Gasteiger charge is -2.16. The fourth-order valence-electron chi connectivity index (χ4n) is 1.48. The van der Waals surface area contributed by atoms with E-state index in [1.54, 1.807) is 0 Å². The van der Waals surface area contributed by atoms with Crippen LogP contribution in [0.1, 0.15) is 47.0 Å². The number of imide groups is 1. The molecule has 0 heterocycles. The van der Waals surface area contributed by atoms with Gasteiger partial charge in [-0.15, -0.1) is 0 Å². The van der Waals surface area contributed by atoms with E-state index in [0.29, 0.717) is 0 Å². The summed E-state index contributed by atoms with van der Waals surface area (Å²) in [5.74, 6) is -1.87. The molecule has 0 bridgehead atoms. The van der Waals surface area contributed by atoms with Crippen molar-refractivity contribution in [2.75, 3.05) is 0 Å². The van der Waals surface area contributed by atoms with Crippen molar-refractivity contribution in [2.24, 2.45) is 0 Å². The average molecular weight is 270 g/mol. The molecule has 6 heteroatoms. The first-order valence-electron chi connectivity index (χ1n) is 6.36. The van der Waals surface area contributed by atoms with E-state index in [1.165, 1.54) is 13.8 Å². The van der Waals surface area contributed by atoms with Crippen molar-refractivity contribution in [3.63, 3.8) is 0 Å². The van der Waals surface area contributed by atoms with Crippen LogP contribution in [0.25, 0.3) is 0 Å². The molecular formula is C13H22N2O4. The van der Waals surface area contributed by atoms with Gasteiger partial charge in [0.15, 0.2) is 0 Å². The van der Waals surface area contributed by atoms with Gasteiger partial charge in [0.05, 0.1) is 0 Å². The number of nitrogens with one attached hydrogen (secondary N) is 2. The van der Waals surface area contributed by atoms with Gasteiger partial charge in [0.2, 0.25) is 0 Å². The molecule has 0 aliphatic rings. The lowest BCUT2D eigenvalue weighted by Crippen LogP contribution is -2.44. The highest BCUT2D eigenvalue weighted by Crippen LogP contribution is 2.04. The molecular weight excluding hydrogens is 248 g/mol. The normalized spacial score (nSPS) is 13.3. The van der Waals surface area contributed by atoms with Crippen molar-refractivity contribution in [3.8, 4) is 0 Å². The molecule has 0 aromatic rings. The number of rotatable bonds is 6. The second-order valence-corrected chi connectivity index (χ2v) is 4.38. The Hall–Kier alpha value is -1.85. The summed E-state index contributed by atoms with van der Waals surface area (Å²) < 4.78 is 0. The first-order valence-corrected chi connectivity index (χ1v) is 6.36. The third kappa shape index (κ3) is 6.03. The Kier molecular flexibility index (Phi) is 7.48. The topological polar surface area (TPSA) is 95.5 Å². The van der Waals surface area contributed by atoms with Crippen molar-refractivity contribution < 1.29 is 19.5 Å². The van der Waals surface area contributed by atoms with E-state index < -0.39 is 17.9 Å². The van der Waals surface area contributed by atoms with Gasteiger partial charge >= 0.3 is 12.0 Å². The summed E-state index contributed by atoms with van der Waals surface area (Å²) in [5, 5.41) is 13.6. The van der Waals surface area contributed by atoms with Gasteiger partial charge in [-0.05, 0) is 26.7 Å². The van der Waals surface area contributed by atoms with Crippen molar-refractivity contribution >= 4 is 17.9 Å². The van der Waals surface area contributed by atoms with E-state index in [0.717, 1.165) is 19.3 Å². The molecule has 0 saturated carbocycles. The number of carbonyl (C=O) groups excluding carboxylic acids is 2. The van der Waals surface area contributed by atoms with Crippen molar-refractivity contribution in [1.29, 1.82) is 0 Å². The Bertz CT molecular complexity index is 388. The predicted octanol–water partition coefficient (Wildman–Crippen LogP) is 1.81. The van der Waals surface area contributed by atoms with E-state index >= 15 is 0 Å². The second kappa shape index (κ2) is 8.29. The minimum absolute atomic E-state index is 0.0163. The van der Waals surface area contributed by atoms with Crippen LogP contribution in [-0.2, 0) is 9.59 Å². The van der Waals surface area contributed by atoms with Crippen LogP contribution in [0.15, 0.2) is 11.1 Å². The Morgan fingerprint density at radius 2 is 1.68 bits per heavy atom. The molecule has 0 aromatic carbocycles. The molecule has 0 aliphatic carbocycles. The van der Waals surface area contributed by atoms with E-state index in [4.69, 9.17) is 5.11 Å². The van der Waals surface area contributed by atoms with Gasteiger partial charge in [0.25, 0.3) is 5.91 Å². The van der Waals surface area contributed by atoms with E-state index in [1.807, 2.05) is 13.8 Å². The van der Waals surface area contributed by atoms with Gasteiger partial charge in [-0.2, -0.15) is 0 Å². The van der Waals surface area contributed by atoms with Gasteiger partial charge in [0.1, 0.15) is 0 Å². The molecule has 0 fully saturated rings. The standard InChI is InChI=1S/C13H22N2O4/c1-5-7-10(6-2)14-13(19)15-11(16)8(3)9(4)12(17)18/h10H,5-7H2,1-4H3,(H,17,18)(H2,14,15,16,19). The van der Waals surface area contributed by atoms with Crippen molar-refractivity contribution in [2.45, 2.75) is 53.0 Å². The Labute approximate surface area is 113 Å². The maximum atomic E-state index is 11.6. The zero-order valence-corrected chi connectivity index (χ0v) is 11.9. The molecule has 0 rings (SSSR count). The van der Waals surface area contributed by atoms with Gasteiger partial charge in [-0.1, -0.05) is 20.3 Å². The molecule has 6 nitrogen and oxygen atoms in total. The molecule has 0 spiro atoms. The first-order chi connectivity index (χ1) is 8.83. The van der Waals surface area contributed by atoms with Crippen LogP contribution < -0.4 is 10.6 Å². The van der Waals surface area contributed by atoms with Crippen LogP contribution in [0.5, 0.6) is 0 Å². The van der Waals surface area contributed by atoms with Crippen molar-refractivity contribution in [3.05, 3.63) is 11.1 Å². The van der Waals surface area contributed by atoms with Crippen LogP contribution in [0, 0.1) is 0 Å². The van der Waals surface area contributed by atoms with E-state index in [9.17, 15) is 14.4 Å². The highest BCUT2D eigenvalue weighted by molar-refractivity contribution is 6.07. The van der Waals surface area contributed by atoms with E-state index in [2.05, 4.69) is 10.6 Å². The molecule has 0 aromatic heterocycles. The molecule has 108 valence electrons. The monoisotopic (exact) mass is 270 g/mol. The number of aliphatic carboxylic acids is 1. The third-order valence-corrected chi connectivity index (χ3v) is 2.92. The Balaban J connectivity index is 4.53. The summed E-state index contributed by atoms with van der Waals surface area (Å²) in [6, 6.07) is -0.578. The largest absolute Gasteiger partial charge is 0.478 e. The summed E-state index contributed by atoms with van der Waals surface area (Å²) >= 11 is 0.